The summed E-state index contributed by atoms with van der Waals surface area (Å²) in [5, 5.41) is 0. The number of aromatic nitrogens is 2. The molecule has 1 aromatic heterocycles. The van der Waals surface area contributed by atoms with Gasteiger partial charge in [-0.25, -0.2) is 8.77 Å². The molecule has 0 aliphatic heterocycles. The predicted molar refractivity (Wildman–Crippen MR) is 60.6 cm³/mol. The van der Waals surface area contributed by atoms with Crippen molar-refractivity contribution in [2.45, 2.75) is 0 Å². The maximum Gasteiger partial charge on any atom is 0.336 e. The predicted octanol–water partition coefficient (Wildman–Crippen LogP) is 2.01. The molecule has 2 rings (SSSR count). The minimum absolute atomic E-state index is 0.0851. The average Bonchev–Trinajstić information content (AvgIpc) is 2.51. The Morgan fingerprint density at radius 1 is 1.50 bits per heavy atom. The number of aromatic amines is 1. The van der Waals surface area contributed by atoms with Gasteiger partial charge >= 0.3 is 5.69 Å². The maximum absolute atomic E-state index is 11.5. The molecule has 0 aliphatic carbocycles. The molecule has 72 valence electrons. The van der Waals surface area contributed by atoms with Crippen molar-refractivity contribution in [1.82, 2.24) is 8.96 Å². The van der Waals surface area contributed by atoms with Gasteiger partial charge in [-0.05, 0) is 24.1 Å². The monoisotopic (exact) mass is 206 g/mol. The molecule has 4 heteroatoms. The van der Waals surface area contributed by atoms with Gasteiger partial charge < -0.3 is 4.98 Å². The molecule has 2 aromatic rings. The molecule has 0 aliphatic rings. The van der Waals surface area contributed by atoms with Crippen LogP contribution in [0, 0.1) is 0 Å². The second kappa shape index (κ2) is 3.75. The van der Waals surface area contributed by atoms with Crippen molar-refractivity contribution in [2.24, 2.45) is 0 Å². The van der Waals surface area contributed by atoms with E-state index in [0.717, 1.165) is 16.8 Å². The molecule has 0 bridgehead atoms. The molecular weight excluding hydrogens is 196 g/mol. The lowest BCUT2D eigenvalue weighted by molar-refractivity contribution is 1.15. The summed E-state index contributed by atoms with van der Waals surface area (Å²) in [5.41, 5.74) is 1.71. The fourth-order valence-electron chi connectivity index (χ4n) is 1.29. The number of benzene rings is 1. The van der Waals surface area contributed by atoms with Gasteiger partial charge in [0.05, 0.1) is 11.0 Å². The zero-order valence-corrected chi connectivity index (χ0v) is 8.38. The van der Waals surface area contributed by atoms with Crippen molar-refractivity contribution in [3.05, 3.63) is 47.4 Å². The van der Waals surface area contributed by atoms with Crippen molar-refractivity contribution in [1.29, 1.82) is 0 Å². The Morgan fingerprint density at radius 3 is 3.07 bits per heavy atom. The summed E-state index contributed by atoms with van der Waals surface area (Å²) in [6.45, 7) is 3.62. The highest BCUT2D eigenvalue weighted by Crippen LogP contribution is 2.14. The maximum atomic E-state index is 11.5. The third-order valence-electron chi connectivity index (χ3n) is 1.87. The number of para-hydroxylation sites is 2. The first kappa shape index (κ1) is 9.15. The largest absolute Gasteiger partial charge is 0.336 e. The summed E-state index contributed by atoms with van der Waals surface area (Å²) in [6.07, 6.45) is 1.78. The van der Waals surface area contributed by atoms with Gasteiger partial charge in [-0.15, -0.1) is 6.58 Å². The lowest BCUT2D eigenvalue weighted by Gasteiger charge is -1.97. The molecule has 3 nitrogen and oxygen atoms in total. The van der Waals surface area contributed by atoms with Crippen LogP contribution in [0.25, 0.3) is 11.0 Å². The summed E-state index contributed by atoms with van der Waals surface area (Å²) >= 11 is 1.44. The molecule has 14 heavy (non-hydrogen) atoms. The van der Waals surface area contributed by atoms with Gasteiger partial charge in [0.15, 0.2) is 0 Å². The Bertz CT molecular complexity index is 512. The standard InChI is InChI=1S/C10H10N2OS/c1-2-7-14-12-9-6-4-3-5-8(9)11-10(12)13/h2-6H,1,7H2,(H,11,13). The minimum Gasteiger partial charge on any atom is -0.305 e. The molecule has 0 unspecified atom stereocenters. The number of nitrogens with one attached hydrogen (secondary N) is 1. The highest BCUT2D eigenvalue weighted by Gasteiger charge is 2.04. The van der Waals surface area contributed by atoms with E-state index in [-0.39, 0.29) is 5.69 Å². The van der Waals surface area contributed by atoms with Crippen LogP contribution in [0.4, 0.5) is 0 Å². The summed E-state index contributed by atoms with van der Waals surface area (Å²) in [6, 6.07) is 7.63. The molecule has 1 heterocycles. The summed E-state index contributed by atoms with van der Waals surface area (Å²) in [7, 11) is 0. The molecule has 0 saturated carbocycles. The van der Waals surface area contributed by atoms with E-state index in [0.29, 0.717) is 0 Å². The van der Waals surface area contributed by atoms with E-state index in [4.69, 9.17) is 0 Å². The van der Waals surface area contributed by atoms with Crippen LogP contribution in [0.5, 0.6) is 0 Å². The third-order valence-corrected chi connectivity index (χ3v) is 2.88. The molecule has 0 radical (unpaired) electrons. The Kier molecular flexibility index (Phi) is 2.45. The van der Waals surface area contributed by atoms with Crippen molar-refractivity contribution >= 4 is 23.0 Å². The smallest absolute Gasteiger partial charge is 0.305 e. The fraction of sp³-hybridized carbons (Fsp3) is 0.100. The quantitative estimate of drug-likeness (QED) is 0.780. The third kappa shape index (κ3) is 1.48. The van der Waals surface area contributed by atoms with Crippen LogP contribution in [0.1, 0.15) is 0 Å². The van der Waals surface area contributed by atoms with Crippen molar-refractivity contribution < 1.29 is 0 Å². The number of rotatable bonds is 3. The topological polar surface area (TPSA) is 37.8 Å². The fourth-order valence-corrected chi connectivity index (χ4v) is 2.00. The van der Waals surface area contributed by atoms with Crippen LogP contribution in [0.3, 0.4) is 0 Å². The van der Waals surface area contributed by atoms with Crippen molar-refractivity contribution in [2.75, 3.05) is 5.75 Å². The highest BCUT2D eigenvalue weighted by molar-refractivity contribution is 7.98. The average molecular weight is 206 g/mol. The Morgan fingerprint density at radius 2 is 2.29 bits per heavy atom. The van der Waals surface area contributed by atoms with Crippen LogP contribution in [0.15, 0.2) is 41.7 Å². The molecule has 1 aromatic carbocycles. The van der Waals surface area contributed by atoms with Crippen LogP contribution in [-0.2, 0) is 0 Å². The number of fused-ring (bicyclic) bond motifs is 1. The summed E-state index contributed by atoms with van der Waals surface area (Å²) in [5.74, 6) is 0.724. The van der Waals surface area contributed by atoms with Gasteiger partial charge in [0.25, 0.3) is 0 Å². The molecule has 0 amide bonds. The summed E-state index contributed by atoms with van der Waals surface area (Å²) < 4.78 is 1.65. The summed E-state index contributed by atoms with van der Waals surface area (Å²) in [4.78, 5) is 14.3. The van der Waals surface area contributed by atoms with Crippen molar-refractivity contribution in [3.63, 3.8) is 0 Å². The van der Waals surface area contributed by atoms with Gasteiger partial charge in [-0.1, -0.05) is 18.2 Å². The molecule has 0 fully saturated rings. The van der Waals surface area contributed by atoms with Gasteiger partial charge in [0.1, 0.15) is 0 Å². The van der Waals surface area contributed by atoms with Crippen LogP contribution in [-0.4, -0.2) is 14.7 Å². The minimum atomic E-state index is -0.0851. The molecular formula is C10H10N2OS. The second-order valence-electron chi connectivity index (χ2n) is 2.83. The second-order valence-corrected chi connectivity index (χ2v) is 3.78. The van der Waals surface area contributed by atoms with E-state index in [9.17, 15) is 4.79 Å². The number of hydrogen-bond donors (Lipinski definition) is 1. The van der Waals surface area contributed by atoms with Gasteiger partial charge in [0.2, 0.25) is 0 Å². The van der Waals surface area contributed by atoms with Gasteiger partial charge in [-0.3, -0.25) is 0 Å². The molecule has 0 spiro atoms. The number of nitrogens with zero attached hydrogens (tertiary/aromatic N) is 1. The number of H-pyrrole nitrogens is 1. The highest BCUT2D eigenvalue weighted by atomic mass is 32.2. The lowest BCUT2D eigenvalue weighted by Crippen LogP contribution is -2.11. The van der Waals surface area contributed by atoms with Gasteiger partial charge in [0, 0.05) is 5.75 Å². The van der Waals surface area contributed by atoms with Crippen LogP contribution in [0.2, 0.25) is 0 Å². The Labute approximate surface area is 85.6 Å². The molecule has 0 atom stereocenters. The number of imidazole rings is 1. The van der Waals surface area contributed by atoms with E-state index < -0.39 is 0 Å². The van der Waals surface area contributed by atoms with Crippen LogP contribution >= 0.6 is 11.9 Å². The normalized spacial score (nSPS) is 10.6. The first-order valence-corrected chi connectivity index (χ1v) is 5.21. The lowest BCUT2D eigenvalue weighted by atomic mass is 10.3. The Hall–Kier alpha value is -1.42. The Balaban J connectivity index is 2.56. The number of hydrogen-bond acceptors (Lipinski definition) is 2. The van der Waals surface area contributed by atoms with E-state index in [1.165, 1.54) is 11.9 Å². The zero-order valence-electron chi connectivity index (χ0n) is 7.56. The van der Waals surface area contributed by atoms with E-state index in [1.54, 1.807) is 10.0 Å². The first-order chi connectivity index (χ1) is 6.83. The van der Waals surface area contributed by atoms with E-state index in [2.05, 4.69) is 11.6 Å². The van der Waals surface area contributed by atoms with E-state index in [1.807, 2.05) is 24.3 Å². The van der Waals surface area contributed by atoms with E-state index >= 15 is 0 Å². The van der Waals surface area contributed by atoms with Gasteiger partial charge in [-0.2, -0.15) is 0 Å². The SMILES string of the molecule is C=CCSn1c(=O)[nH]c2ccccc21. The van der Waals surface area contributed by atoms with Crippen molar-refractivity contribution in [3.8, 4) is 0 Å². The zero-order chi connectivity index (χ0) is 9.97. The van der Waals surface area contributed by atoms with Crippen LogP contribution < -0.4 is 5.69 Å². The molecule has 1 N–H and O–H groups in total. The molecule has 0 saturated heterocycles. The first-order valence-electron chi connectivity index (χ1n) is 4.27.